The van der Waals surface area contributed by atoms with Crippen LogP contribution in [0.2, 0.25) is 0 Å². The number of aryl methyl sites for hydroxylation is 1. The molecule has 1 aliphatic rings. The number of carbonyl (C=O) groups is 2. The van der Waals surface area contributed by atoms with Gasteiger partial charge in [-0.15, -0.1) is 11.3 Å². The summed E-state index contributed by atoms with van der Waals surface area (Å²) < 4.78 is 1.67. The number of ketones is 1. The molecule has 1 fully saturated rings. The van der Waals surface area contributed by atoms with Crippen LogP contribution < -0.4 is 10.1 Å². The fourth-order valence-corrected chi connectivity index (χ4v) is 4.86. The molecule has 1 amide bonds. The Labute approximate surface area is 181 Å². The Bertz CT molecular complexity index is 1330. The highest BCUT2D eigenvalue weighted by Crippen LogP contribution is 2.41. The average Bonchev–Trinajstić information content (AvgIpc) is 3.47. The Morgan fingerprint density at radius 2 is 2.06 bits per heavy atom. The van der Waals surface area contributed by atoms with Gasteiger partial charge in [0, 0.05) is 28.3 Å². The molecule has 31 heavy (non-hydrogen) atoms. The van der Waals surface area contributed by atoms with E-state index < -0.39 is 23.5 Å². The molecule has 4 aromatic rings. The van der Waals surface area contributed by atoms with Crippen molar-refractivity contribution in [1.82, 2.24) is 14.3 Å². The number of amides is 1. The van der Waals surface area contributed by atoms with Gasteiger partial charge < -0.3 is 14.4 Å². The molecule has 1 unspecified atom stereocenters. The summed E-state index contributed by atoms with van der Waals surface area (Å²) in [6.45, 7) is 1.95. The molecule has 1 atom stereocenters. The Hall–Kier alpha value is -3.78. The van der Waals surface area contributed by atoms with Crippen molar-refractivity contribution >= 4 is 34.4 Å². The van der Waals surface area contributed by atoms with E-state index in [1.165, 1.54) is 16.2 Å². The molecule has 7 nitrogen and oxygen atoms in total. The van der Waals surface area contributed by atoms with Crippen LogP contribution in [0, 0.1) is 6.92 Å². The summed E-state index contributed by atoms with van der Waals surface area (Å²) in [5.41, 5.74) is 2.25. The monoisotopic (exact) mass is 430 g/mol. The van der Waals surface area contributed by atoms with Crippen LogP contribution in [0.4, 0.5) is 0 Å². The predicted molar refractivity (Wildman–Crippen MR) is 112 cm³/mol. The number of likely N-dealkylation sites (tertiary alicyclic amines) is 1. The van der Waals surface area contributed by atoms with E-state index in [4.69, 9.17) is 0 Å². The van der Waals surface area contributed by atoms with Gasteiger partial charge in [-0.1, -0.05) is 17.9 Å². The zero-order chi connectivity index (χ0) is 21.5. The van der Waals surface area contributed by atoms with Crippen LogP contribution in [0.15, 0.2) is 72.0 Å². The number of nitrogens with zero attached hydrogens (tertiary/aromatic N) is 3. The summed E-state index contributed by atoms with van der Waals surface area (Å²) in [7, 11) is 0. The van der Waals surface area contributed by atoms with E-state index in [1.54, 1.807) is 42.0 Å². The van der Waals surface area contributed by atoms with Crippen LogP contribution in [0.25, 0.3) is 11.4 Å². The first kappa shape index (κ1) is 19.2. The van der Waals surface area contributed by atoms with Gasteiger partial charge in [-0.25, -0.2) is 9.97 Å². The van der Waals surface area contributed by atoms with E-state index >= 15 is 0 Å². The highest BCUT2D eigenvalue weighted by atomic mass is 32.1. The number of hydrogen-bond donors (Lipinski definition) is 0. The van der Waals surface area contributed by atoms with Gasteiger partial charge in [0.1, 0.15) is 5.65 Å². The molecule has 0 spiro atoms. The molecular formula is C23H18N4O3S. The van der Waals surface area contributed by atoms with E-state index in [0.29, 0.717) is 17.0 Å². The number of carbonyl (C=O) groups excluding carboxylic acids is 2. The van der Waals surface area contributed by atoms with Crippen molar-refractivity contribution in [1.29, 1.82) is 0 Å². The van der Waals surface area contributed by atoms with Crippen LogP contribution in [-0.2, 0) is 16.1 Å². The second kappa shape index (κ2) is 7.48. The first-order valence-electron chi connectivity index (χ1n) is 9.75. The summed E-state index contributed by atoms with van der Waals surface area (Å²) in [5.74, 6) is -1.89. The first-order valence-corrected chi connectivity index (χ1v) is 10.6. The molecule has 1 saturated heterocycles. The zero-order valence-corrected chi connectivity index (χ0v) is 17.4. The maximum absolute atomic E-state index is 13.7. The molecule has 4 aromatic heterocycles. The molecule has 0 radical (unpaired) electrons. The lowest BCUT2D eigenvalue weighted by Crippen LogP contribution is -2.29. The van der Waals surface area contributed by atoms with Crippen molar-refractivity contribution in [2.45, 2.75) is 19.5 Å². The summed E-state index contributed by atoms with van der Waals surface area (Å²) in [4.78, 5) is 35.8. The minimum atomic E-state index is -0.756. The van der Waals surface area contributed by atoms with Crippen LogP contribution >= 0.6 is 11.3 Å². The normalized spacial score (nSPS) is 18.2. The van der Waals surface area contributed by atoms with Gasteiger partial charge in [0.05, 0.1) is 24.0 Å². The lowest BCUT2D eigenvalue weighted by Gasteiger charge is -2.26. The summed E-state index contributed by atoms with van der Waals surface area (Å²) in [6, 6.07) is 12.1. The Morgan fingerprint density at radius 3 is 2.81 bits per heavy atom. The molecule has 0 saturated carbocycles. The van der Waals surface area contributed by atoms with Crippen molar-refractivity contribution in [2.75, 3.05) is 0 Å². The van der Waals surface area contributed by atoms with Gasteiger partial charge in [-0.3, -0.25) is 9.59 Å². The van der Waals surface area contributed by atoms with Crippen molar-refractivity contribution in [3.63, 3.8) is 0 Å². The molecule has 1 aliphatic heterocycles. The quantitative estimate of drug-likeness (QED) is 0.281. The second-order valence-corrected chi connectivity index (χ2v) is 8.29. The minimum absolute atomic E-state index is 0.0267. The van der Waals surface area contributed by atoms with Crippen LogP contribution in [0.1, 0.15) is 27.9 Å². The van der Waals surface area contributed by atoms with Crippen molar-refractivity contribution in [3.8, 4) is 0 Å². The average molecular weight is 430 g/mol. The maximum Gasteiger partial charge on any atom is 0.295 e. The maximum atomic E-state index is 13.7. The number of aromatic amines is 1. The molecule has 5 heterocycles. The van der Waals surface area contributed by atoms with E-state index in [1.807, 2.05) is 35.7 Å². The van der Waals surface area contributed by atoms with Gasteiger partial charge in [0.15, 0.2) is 12.4 Å². The number of thiophene rings is 1. The molecule has 0 bridgehead atoms. The fourth-order valence-electron chi connectivity index (χ4n) is 4.02. The summed E-state index contributed by atoms with van der Waals surface area (Å²) >= 11 is 1.42. The number of aromatic nitrogens is 3. The van der Waals surface area contributed by atoms with Gasteiger partial charge in [0.2, 0.25) is 5.78 Å². The van der Waals surface area contributed by atoms with E-state index in [2.05, 4.69) is 9.97 Å². The van der Waals surface area contributed by atoms with Gasteiger partial charge in [-0.2, -0.15) is 0 Å². The Morgan fingerprint density at radius 1 is 1.19 bits per heavy atom. The van der Waals surface area contributed by atoms with Crippen molar-refractivity contribution < 1.29 is 19.7 Å². The number of imidazole rings is 1. The molecule has 1 N–H and O–H groups in total. The third-order valence-electron chi connectivity index (χ3n) is 5.39. The summed E-state index contributed by atoms with van der Waals surface area (Å²) in [6.07, 6.45) is 5.28. The standard InChI is InChI=1S/C23H18N4O3S/c1-14-19(26-10-3-2-8-17(26)25-14)21(28)18-20(16-7-5-11-31-16)27(23(30)22(18)29)13-15-6-4-9-24-12-15/h2-12,20,28H,13H2,1H3. The molecule has 5 rings (SSSR count). The minimum Gasteiger partial charge on any atom is -0.871 e. The Kier molecular flexibility index (Phi) is 4.63. The third kappa shape index (κ3) is 3.12. The highest BCUT2D eigenvalue weighted by molar-refractivity contribution is 7.10. The molecule has 0 aromatic carbocycles. The Balaban J connectivity index is 1.70. The van der Waals surface area contributed by atoms with Gasteiger partial charge in [-0.05, 0) is 36.6 Å². The SMILES string of the molecule is Cc1nc2ccccn2c1C([O-])=C1C(=O)C(=O)N(Cc2ccc[nH+]c2)C1c1cccs1. The number of pyridine rings is 2. The number of hydrogen-bond acceptors (Lipinski definition) is 5. The number of nitrogens with one attached hydrogen (secondary N) is 1. The van der Waals surface area contributed by atoms with Crippen molar-refractivity contribution in [2.24, 2.45) is 0 Å². The molecule has 154 valence electrons. The largest absolute Gasteiger partial charge is 0.871 e. The van der Waals surface area contributed by atoms with Crippen LogP contribution in [0.3, 0.4) is 0 Å². The van der Waals surface area contributed by atoms with Crippen molar-refractivity contribution in [3.05, 3.63) is 93.8 Å². The highest BCUT2D eigenvalue weighted by Gasteiger charge is 2.45. The number of rotatable bonds is 4. The second-order valence-electron chi connectivity index (χ2n) is 7.31. The molecular weight excluding hydrogens is 412 g/mol. The van der Waals surface area contributed by atoms with Gasteiger partial charge in [0.25, 0.3) is 5.91 Å². The van der Waals surface area contributed by atoms with E-state index in [9.17, 15) is 14.7 Å². The lowest BCUT2D eigenvalue weighted by molar-refractivity contribution is -0.378. The zero-order valence-electron chi connectivity index (χ0n) is 16.6. The number of H-pyrrole nitrogens is 1. The van der Waals surface area contributed by atoms with Crippen LogP contribution in [-0.4, -0.2) is 26.0 Å². The van der Waals surface area contributed by atoms with Crippen LogP contribution in [0.5, 0.6) is 0 Å². The lowest BCUT2D eigenvalue weighted by atomic mass is 10.0. The predicted octanol–water partition coefficient (Wildman–Crippen LogP) is 1.94. The smallest absolute Gasteiger partial charge is 0.295 e. The molecule has 0 aliphatic carbocycles. The third-order valence-corrected chi connectivity index (χ3v) is 6.31. The number of fused-ring (bicyclic) bond motifs is 1. The van der Waals surface area contributed by atoms with E-state index in [0.717, 1.165) is 10.4 Å². The topological polar surface area (TPSA) is 91.9 Å². The summed E-state index contributed by atoms with van der Waals surface area (Å²) in [5, 5.41) is 15.6. The fraction of sp³-hybridized carbons (Fsp3) is 0.130. The molecule has 8 heteroatoms. The van der Waals surface area contributed by atoms with E-state index in [-0.39, 0.29) is 12.1 Å². The number of Topliss-reactive ketones (excluding diaryl/α,β-unsaturated/α-hetero) is 1. The van der Waals surface area contributed by atoms with Gasteiger partial charge >= 0.3 is 0 Å². The first-order chi connectivity index (χ1) is 15.1.